The molecule has 10 heteroatoms. The van der Waals surface area contributed by atoms with Crippen molar-refractivity contribution in [2.24, 2.45) is 0 Å². The Morgan fingerprint density at radius 1 is 0.704 bits per heavy atom. The molecule has 0 aromatic carbocycles. The molecule has 0 aliphatic rings. The second-order valence-electron chi connectivity index (χ2n) is 6.74. The third-order valence-corrected chi connectivity index (χ3v) is 5.28. The van der Waals surface area contributed by atoms with Gasteiger partial charge >= 0.3 is 19.9 Å². The monoisotopic (exact) mass is 428 g/mol. The minimum atomic E-state index is -4.82. The molecule has 164 valence electrons. The van der Waals surface area contributed by atoms with Crippen LogP contribution in [-0.2, 0) is 13.6 Å². The Balaban J connectivity index is 4.93. The summed E-state index contributed by atoms with van der Waals surface area (Å²) in [6, 6.07) is 0. The molecular formula is C17H31F6O3P. The lowest BCUT2D eigenvalue weighted by Crippen LogP contribution is -2.34. The summed E-state index contributed by atoms with van der Waals surface area (Å²) >= 11 is 0. The van der Waals surface area contributed by atoms with E-state index in [1.54, 1.807) is 0 Å². The van der Waals surface area contributed by atoms with Crippen molar-refractivity contribution in [2.45, 2.75) is 103 Å². The maximum atomic E-state index is 13.1. The maximum Gasteiger partial charge on any atom is 0.415 e. The summed E-state index contributed by atoms with van der Waals surface area (Å²) in [7, 11) is -4.55. The van der Waals surface area contributed by atoms with Gasteiger partial charge in [-0.25, -0.2) is 0 Å². The van der Waals surface area contributed by atoms with Crippen LogP contribution in [0.1, 0.15) is 78.1 Å². The van der Waals surface area contributed by atoms with Crippen molar-refractivity contribution in [3.8, 4) is 0 Å². The van der Waals surface area contributed by atoms with Crippen molar-refractivity contribution in [1.82, 2.24) is 0 Å². The minimum absolute atomic E-state index is 0.178. The van der Waals surface area contributed by atoms with Gasteiger partial charge in [0.2, 0.25) is 0 Å². The number of halogens is 6. The van der Waals surface area contributed by atoms with Crippen molar-refractivity contribution in [2.75, 3.05) is 6.66 Å². The van der Waals surface area contributed by atoms with Crippen LogP contribution in [0.2, 0.25) is 0 Å². The van der Waals surface area contributed by atoms with Gasteiger partial charge in [0.25, 0.3) is 0 Å². The summed E-state index contributed by atoms with van der Waals surface area (Å²) in [6.07, 6.45) is -10.8. The molecule has 0 aliphatic heterocycles. The molecule has 0 spiro atoms. The average Bonchev–Trinajstić information content (AvgIpc) is 2.51. The molecule has 27 heavy (non-hydrogen) atoms. The van der Waals surface area contributed by atoms with Gasteiger partial charge in [-0.05, 0) is 12.8 Å². The van der Waals surface area contributed by atoms with Crippen LogP contribution in [-0.4, -0.2) is 31.2 Å². The molecule has 0 unspecified atom stereocenters. The lowest BCUT2D eigenvalue weighted by Gasteiger charge is -2.28. The highest BCUT2D eigenvalue weighted by atomic mass is 31.2. The first-order valence-electron chi connectivity index (χ1n) is 9.41. The zero-order valence-corrected chi connectivity index (χ0v) is 17.1. The molecular weight excluding hydrogens is 397 g/mol. The summed E-state index contributed by atoms with van der Waals surface area (Å²) < 4.78 is 99.9. The van der Waals surface area contributed by atoms with Crippen molar-refractivity contribution in [3.63, 3.8) is 0 Å². The first-order valence-corrected chi connectivity index (χ1v) is 11.4. The van der Waals surface area contributed by atoms with Crippen molar-refractivity contribution < 1.29 is 40.0 Å². The van der Waals surface area contributed by atoms with Gasteiger partial charge in [-0.2, -0.15) is 26.3 Å². The van der Waals surface area contributed by atoms with Gasteiger partial charge in [-0.3, -0.25) is 13.6 Å². The van der Waals surface area contributed by atoms with Gasteiger partial charge in [0, 0.05) is 6.66 Å². The van der Waals surface area contributed by atoms with Crippen LogP contribution < -0.4 is 0 Å². The van der Waals surface area contributed by atoms with Gasteiger partial charge in [0.15, 0.2) is 12.2 Å². The van der Waals surface area contributed by atoms with Gasteiger partial charge in [-0.15, -0.1) is 0 Å². The highest BCUT2D eigenvalue weighted by Crippen LogP contribution is 2.52. The van der Waals surface area contributed by atoms with E-state index >= 15 is 0 Å². The van der Waals surface area contributed by atoms with Crippen molar-refractivity contribution in [1.29, 1.82) is 0 Å². The number of hydrogen-bond acceptors (Lipinski definition) is 3. The number of unbranched alkanes of at least 4 members (excludes halogenated alkanes) is 6. The van der Waals surface area contributed by atoms with E-state index in [9.17, 15) is 30.9 Å². The molecule has 0 heterocycles. The zero-order chi connectivity index (χ0) is 21.1. The Morgan fingerprint density at radius 2 is 1.04 bits per heavy atom. The van der Waals surface area contributed by atoms with Gasteiger partial charge in [0.05, 0.1) is 0 Å². The number of rotatable bonds is 14. The molecule has 0 saturated carbocycles. The van der Waals surface area contributed by atoms with Crippen molar-refractivity contribution >= 4 is 7.60 Å². The minimum Gasteiger partial charge on any atom is -0.296 e. The van der Waals surface area contributed by atoms with Gasteiger partial charge < -0.3 is 0 Å². The third-order valence-electron chi connectivity index (χ3n) is 4.01. The fraction of sp³-hybridized carbons (Fsp3) is 1.00. The van der Waals surface area contributed by atoms with E-state index < -0.39 is 45.0 Å². The quantitative estimate of drug-likeness (QED) is 0.162. The van der Waals surface area contributed by atoms with E-state index in [4.69, 9.17) is 0 Å². The van der Waals surface area contributed by atoms with Crippen LogP contribution >= 0.6 is 7.60 Å². The Kier molecular flexibility index (Phi) is 12.2. The van der Waals surface area contributed by atoms with E-state index in [1.807, 2.05) is 13.8 Å². The Morgan fingerprint density at radius 3 is 1.30 bits per heavy atom. The first kappa shape index (κ1) is 26.7. The SMILES string of the molecule is CCCCCC[C@@H](OP(C)(=O)O[C@H](CCCCCC)C(F)(F)F)C(F)(F)F. The van der Waals surface area contributed by atoms with Crippen LogP contribution in [0.4, 0.5) is 26.3 Å². The Bertz CT molecular complexity index is 403. The molecule has 2 atom stereocenters. The molecule has 0 saturated heterocycles. The molecule has 0 rings (SSSR count). The van der Waals surface area contributed by atoms with Gasteiger partial charge in [0.1, 0.15) is 0 Å². The van der Waals surface area contributed by atoms with Crippen LogP contribution in [0.15, 0.2) is 0 Å². The van der Waals surface area contributed by atoms with E-state index in [-0.39, 0.29) is 12.8 Å². The van der Waals surface area contributed by atoms with Crippen LogP contribution in [0, 0.1) is 0 Å². The van der Waals surface area contributed by atoms with Crippen molar-refractivity contribution in [3.05, 3.63) is 0 Å². The number of alkyl halides is 6. The summed E-state index contributed by atoms with van der Waals surface area (Å²) in [6.45, 7) is 4.45. The molecule has 0 amide bonds. The van der Waals surface area contributed by atoms with Gasteiger partial charge in [-0.1, -0.05) is 65.2 Å². The summed E-state index contributed by atoms with van der Waals surface area (Å²) in [5.74, 6) is 0. The van der Waals surface area contributed by atoms with Crippen LogP contribution in [0.5, 0.6) is 0 Å². The summed E-state index contributed by atoms with van der Waals surface area (Å²) in [5, 5.41) is 0. The zero-order valence-electron chi connectivity index (χ0n) is 16.2. The molecule has 3 nitrogen and oxygen atoms in total. The summed E-state index contributed by atoms with van der Waals surface area (Å²) in [4.78, 5) is 0. The second-order valence-corrected chi connectivity index (χ2v) is 8.71. The molecule has 0 aromatic heterocycles. The lowest BCUT2D eigenvalue weighted by atomic mass is 10.1. The second kappa shape index (κ2) is 12.3. The fourth-order valence-electron chi connectivity index (χ4n) is 2.55. The molecule has 0 N–H and O–H groups in total. The number of hydrogen-bond donors (Lipinski definition) is 0. The highest BCUT2D eigenvalue weighted by Gasteiger charge is 2.47. The smallest absolute Gasteiger partial charge is 0.296 e. The van der Waals surface area contributed by atoms with E-state index in [0.29, 0.717) is 19.5 Å². The maximum absolute atomic E-state index is 13.1. The molecule has 0 bridgehead atoms. The molecule has 0 radical (unpaired) electrons. The van der Waals surface area contributed by atoms with Crippen LogP contribution in [0.3, 0.4) is 0 Å². The fourth-order valence-corrected chi connectivity index (χ4v) is 3.98. The molecule has 0 fully saturated rings. The largest absolute Gasteiger partial charge is 0.415 e. The van der Waals surface area contributed by atoms with E-state index in [2.05, 4.69) is 9.05 Å². The Hall–Kier alpha value is -0.270. The Labute approximate surface area is 157 Å². The standard InChI is InChI=1S/C17H31F6O3P/c1-4-6-8-10-12-14(16(18,19)20)25-27(3,24)26-15(17(21,22)23)13-11-9-7-5-2/h14-15H,4-13H2,1-3H3/t14-,15-/m1/s1. The molecule has 0 aliphatic carbocycles. The van der Waals surface area contributed by atoms with E-state index in [1.165, 1.54) is 0 Å². The van der Waals surface area contributed by atoms with E-state index in [0.717, 1.165) is 25.7 Å². The normalized spacial score (nSPS) is 15.7. The topological polar surface area (TPSA) is 35.5 Å². The highest BCUT2D eigenvalue weighted by molar-refractivity contribution is 7.53. The average molecular weight is 428 g/mol. The summed E-state index contributed by atoms with van der Waals surface area (Å²) in [5.41, 5.74) is 0. The predicted molar refractivity (Wildman–Crippen MR) is 92.9 cm³/mol. The first-order chi connectivity index (χ1) is 12.3. The lowest BCUT2D eigenvalue weighted by molar-refractivity contribution is -0.212. The molecule has 0 aromatic rings. The van der Waals surface area contributed by atoms with Crippen LogP contribution in [0.25, 0.3) is 0 Å². The third kappa shape index (κ3) is 12.7. The predicted octanol–water partition coefficient (Wildman–Crippen LogP) is 7.65.